The van der Waals surface area contributed by atoms with Crippen LogP contribution in [0.1, 0.15) is 16.7 Å². The lowest BCUT2D eigenvalue weighted by atomic mass is 9.99. The molecule has 3 aromatic carbocycles. The summed E-state index contributed by atoms with van der Waals surface area (Å²) in [5, 5.41) is 18.2. The molecule has 28 heavy (non-hydrogen) atoms. The van der Waals surface area contributed by atoms with Gasteiger partial charge >= 0.3 is 0 Å². The molecule has 4 aromatic rings. The van der Waals surface area contributed by atoms with E-state index in [4.69, 9.17) is 10.2 Å². The van der Waals surface area contributed by atoms with Gasteiger partial charge in [-0.1, -0.05) is 48.5 Å². The maximum Gasteiger partial charge on any atom is 0.0957 e. The summed E-state index contributed by atoms with van der Waals surface area (Å²) in [6, 6.07) is 21.2. The molecule has 0 aliphatic carbocycles. The minimum Gasteiger partial charge on any atom is -0.395 e. The smallest absolute Gasteiger partial charge is 0.0957 e. The lowest BCUT2D eigenvalue weighted by Gasteiger charge is -2.11. The second kappa shape index (κ2) is 7.97. The van der Waals surface area contributed by atoms with E-state index in [1.165, 1.54) is 22.3 Å². The maximum absolute atomic E-state index is 8.95. The van der Waals surface area contributed by atoms with Crippen LogP contribution in [0, 0.1) is 13.8 Å². The molecule has 0 atom stereocenters. The van der Waals surface area contributed by atoms with E-state index < -0.39 is 0 Å². The Morgan fingerprint density at radius 2 is 1.82 bits per heavy atom. The van der Waals surface area contributed by atoms with Crippen LogP contribution in [-0.4, -0.2) is 28.0 Å². The zero-order valence-electron chi connectivity index (χ0n) is 16.3. The molecule has 0 saturated heterocycles. The predicted molar refractivity (Wildman–Crippen MR) is 115 cm³/mol. The summed E-state index contributed by atoms with van der Waals surface area (Å²) in [6.07, 6.45) is 2.11. The molecular formula is C24H25N3O. The highest BCUT2D eigenvalue weighted by molar-refractivity contribution is 5.83. The largest absolute Gasteiger partial charge is 0.395 e. The average molecular weight is 371 g/mol. The van der Waals surface area contributed by atoms with E-state index in [0.29, 0.717) is 6.54 Å². The number of aryl methyl sites for hydroxylation is 1. The minimum absolute atomic E-state index is 0.149. The fraction of sp³-hybridized carbons (Fsp3) is 0.208. The third-order valence-electron chi connectivity index (χ3n) is 5.11. The topological polar surface area (TPSA) is 50.1 Å². The van der Waals surface area contributed by atoms with Crippen molar-refractivity contribution >= 4 is 10.9 Å². The molecule has 0 bridgehead atoms. The zero-order chi connectivity index (χ0) is 19.5. The molecular weight excluding hydrogens is 346 g/mol. The standard InChI is InChI=1S/C24H25N3O/c1-17-13-19(15-25-11-12-28)14-21-16-27(26-24(17)21)23-10-6-9-22(18(23)2)20-7-4-3-5-8-20/h3-10,13-14,16,25,28H,11-12,15H2,1-2H3. The SMILES string of the molecule is Cc1c(-c2ccccc2)cccc1-n1cc2cc(CNCCO)cc(C)c2n1. The number of rotatable bonds is 6. The number of aliphatic hydroxyl groups is 1. The number of fused-ring (bicyclic) bond motifs is 1. The van der Waals surface area contributed by atoms with Gasteiger partial charge in [0, 0.05) is 24.7 Å². The number of aromatic nitrogens is 2. The summed E-state index contributed by atoms with van der Waals surface area (Å²) in [4.78, 5) is 0. The normalized spacial score (nSPS) is 11.2. The highest BCUT2D eigenvalue weighted by Crippen LogP contribution is 2.29. The third kappa shape index (κ3) is 3.57. The predicted octanol–water partition coefficient (Wildman–Crippen LogP) is 4.39. The highest BCUT2D eigenvalue weighted by Gasteiger charge is 2.11. The molecule has 0 amide bonds. The van der Waals surface area contributed by atoms with Gasteiger partial charge in [0.25, 0.3) is 0 Å². The van der Waals surface area contributed by atoms with E-state index in [1.54, 1.807) is 0 Å². The second-order valence-electron chi connectivity index (χ2n) is 7.14. The molecule has 4 rings (SSSR count). The molecule has 1 heterocycles. The van der Waals surface area contributed by atoms with Crippen LogP contribution in [0.2, 0.25) is 0 Å². The quantitative estimate of drug-likeness (QED) is 0.494. The van der Waals surface area contributed by atoms with Gasteiger partial charge in [-0.3, -0.25) is 0 Å². The van der Waals surface area contributed by atoms with Crippen LogP contribution >= 0.6 is 0 Å². The van der Waals surface area contributed by atoms with E-state index in [0.717, 1.165) is 28.7 Å². The van der Waals surface area contributed by atoms with Crippen molar-refractivity contribution in [2.45, 2.75) is 20.4 Å². The summed E-state index contributed by atoms with van der Waals surface area (Å²) in [7, 11) is 0. The third-order valence-corrected chi connectivity index (χ3v) is 5.11. The van der Waals surface area contributed by atoms with E-state index >= 15 is 0 Å². The fourth-order valence-corrected chi connectivity index (χ4v) is 3.73. The van der Waals surface area contributed by atoms with Gasteiger partial charge in [0.05, 0.1) is 17.8 Å². The van der Waals surface area contributed by atoms with Gasteiger partial charge in [-0.2, -0.15) is 5.10 Å². The van der Waals surface area contributed by atoms with E-state index in [9.17, 15) is 0 Å². The van der Waals surface area contributed by atoms with Crippen molar-refractivity contribution in [3.05, 3.63) is 83.6 Å². The number of nitrogens with zero attached hydrogens (tertiary/aromatic N) is 2. The van der Waals surface area contributed by atoms with Crippen LogP contribution in [0.15, 0.2) is 66.9 Å². The summed E-state index contributed by atoms with van der Waals surface area (Å²) < 4.78 is 1.99. The van der Waals surface area contributed by atoms with Crippen molar-refractivity contribution < 1.29 is 5.11 Å². The van der Waals surface area contributed by atoms with Crippen LogP contribution in [0.3, 0.4) is 0 Å². The lowest BCUT2D eigenvalue weighted by molar-refractivity contribution is 0.292. The first kappa shape index (κ1) is 18.4. The van der Waals surface area contributed by atoms with Gasteiger partial charge in [-0.05, 0) is 53.8 Å². The Morgan fingerprint density at radius 3 is 2.61 bits per heavy atom. The Hall–Kier alpha value is -2.95. The second-order valence-corrected chi connectivity index (χ2v) is 7.14. The summed E-state index contributed by atoms with van der Waals surface area (Å²) in [5.74, 6) is 0. The van der Waals surface area contributed by atoms with Crippen LogP contribution < -0.4 is 5.32 Å². The number of hydrogen-bond acceptors (Lipinski definition) is 3. The lowest BCUT2D eigenvalue weighted by Crippen LogP contribution is -2.17. The molecule has 0 radical (unpaired) electrons. The molecule has 4 heteroatoms. The molecule has 2 N–H and O–H groups in total. The highest BCUT2D eigenvalue weighted by atomic mass is 16.3. The molecule has 142 valence electrons. The van der Waals surface area contributed by atoms with E-state index in [1.807, 2.05) is 10.7 Å². The molecule has 4 nitrogen and oxygen atoms in total. The van der Waals surface area contributed by atoms with Gasteiger partial charge < -0.3 is 10.4 Å². The summed E-state index contributed by atoms with van der Waals surface area (Å²) in [5.41, 5.74) is 8.13. The minimum atomic E-state index is 0.149. The number of nitrogens with one attached hydrogen (secondary N) is 1. The first-order valence-corrected chi connectivity index (χ1v) is 9.63. The van der Waals surface area contributed by atoms with Crippen LogP contribution in [0.5, 0.6) is 0 Å². The van der Waals surface area contributed by atoms with Crippen LogP contribution in [0.25, 0.3) is 27.7 Å². The summed E-state index contributed by atoms with van der Waals surface area (Å²) >= 11 is 0. The Morgan fingerprint density at radius 1 is 1.00 bits per heavy atom. The van der Waals surface area contributed by atoms with Crippen molar-refractivity contribution in [1.82, 2.24) is 15.1 Å². The number of hydrogen-bond donors (Lipinski definition) is 2. The Kier molecular flexibility index (Phi) is 5.24. The van der Waals surface area contributed by atoms with E-state index in [-0.39, 0.29) is 6.61 Å². The first-order chi connectivity index (χ1) is 13.7. The Labute approximate surface area is 165 Å². The number of benzene rings is 3. The van der Waals surface area contributed by atoms with Gasteiger partial charge in [0.15, 0.2) is 0 Å². The maximum atomic E-state index is 8.95. The van der Waals surface area contributed by atoms with Gasteiger partial charge in [-0.25, -0.2) is 4.68 Å². The van der Waals surface area contributed by atoms with Crippen LogP contribution in [0.4, 0.5) is 0 Å². The van der Waals surface area contributed by atoms with Crippen molar-refractivity contribution in [3.8, 4) is 16.8 Å². The van der Waals surface area contributed by atoms with Crippen molar-refractivity contribution in [2.75, 3.05) is 13.2 Å². The Balaban J connectivity index is 1.74. The molecule has 0 saturated carbocycles. The average Bonchev–Trinajstić information content (AvgIpc) is 3.13. The molecule has 1 aromatic heterocycles. The zero-order valence-corrected chi connectivity index (χ0v) is 16.3. The van der Waals surface area contributed by atoms with Gasteiger partial charge in [-0.15, -0.1) is 0 Å². The molecule has 0 fully saturated rings. The molecule has 0 unspecified atom stereocenters. The van der Waals surface area contributed by atoms with Crippen molar-refractivity contribution in [2.24, 2.45) is 0 Å². The molecule has 0 aliphatic heterocycles. The van der Waals surface area contributed by atoms with Gasteiger partial charge in [0.2, 0.25) is 0 Å². The van der Waals surface area contributed by atoms with Crippen LogP contribution in [-0.2, 0) is 6.54 Å². The molecule has 0 aliphatic rings. The van der Waals surface area contributed by atoms with Gasteiger partial charge in [0.1, 0.15) is 0 Å². The first-order valence-electron chi connectivity index (χ1n) is 9.63. The number of aliphatic hydroxyl groups excluding tert-OH is 1. The monoisotopic (exact) mass is 371 g/mol. The fourth-order valence-electron chi connectivity index (χ4n) is 3.73. The summed E-state index contributed by atoms with van der Waals surface area (Å²) in [6.45, 7) is 5.74. The molecule has 0 spiro atoms. The Bertz CT molecular complexity index is 1100. The van der Waals surface area contributed by atoms with Crippen molar-refractivity contribution in [3.63, 3.8) is 0 Å². The van der Waals surface area contributed by atoms with Crippen molar-refractivity contribution in [1.29, 1.82) is 0 Å². The van der Waals surface area contributed by atoms with E-state index in [2.05, 4.69) is 80.0 Å².